The van der Waals surface area contributed by atoms with Crippen molar-refractivity contribution in [3.8, 4) is 17.2 Å². The van der Waals surface area contributed by atoms with Crippen molar-refractivity contribution < 1.29 is 4.79 Å². The molecule has 192 valence electrons. The van der Waals surface area contributed by atoms with Crippen LogP contribution in [0.4, 0.5) is 5.69 Å². The summed E-state index contributed by atoms with van der Waals surface area (Å²) in [4.78, 5) is 14.7. The molecule has 6 nitrogen and oxygen atoms in total. The number of rotatable bonds is 8. The lowest BCUT2D eigenvalue weighted by Gasteiger charge is -2.24. The lowest BCUT2D eigenvalue weighted by atomic mass is 10.0. The molecule has 0 aliphatic heterocycles. The highest BCUT2D eigenvalue weighted by atomic mass is 16.2. The van der Waals surface area contributed by atoms with Gasteiger partial charge in [0.1, 0.15) is 0 Å². The molecule has 1 N–H and O–H groups in total. The Kier molecular flexibility index (Phi) is 10.4. The summed E-state index contributed by atoms with van der Waals surface area (Å²) in [6, 6.07) is 16.0. The molecule has 6 heteroatoms. The average molecular weight is 496 g/mol. The predicted octanol–water partition coefficient (Wildman–Crippen LogP) is 5.74. The average Bonchev–Trinajstić information content (AvgIpc) is 3.36. The van der Waals surface area contributed by atoms with Crippen LogP contribution in [0.25, 0.3) is 11.1 Å². The number of nitrogens with zero attached hydrogens (tertiary/aromatic N) is 4. The zero-order chi connectivity index (χ0) is 26.6. The van der Waals surface area contributed by atoms with Crippen molar-refractivity contribution in [2.45, 2.75) is 39.5 Å². The number of benzene rings is 2. The minimum Gasteiger partial charge on any atom is -0.319 e. The first-order valence-corrected chi connectivity index (χ1v) is 12.8. The van der Waals surface area contributed by atoms with Crippen LogP contribution in [0.3, 0.4) is 0 Å². The van der Waals surface area contributed by atoms with Gasteiger partial charge in [-0.05, 0) is 93.2 Å². The molecule has 2 aromatic carbocycles. The van der Waals surface area contributed by atoms with Crippen molar-refractivity contribution in [3.63, 3.8) is 0 Å². The Bertz CT molecular complexity index is 1280. The molecule has 0 atom stereocenters. The van der Waals surface area contributed by atoms with Crippen LogP contribution in [0, 0.1) is 18.3 Å². The summed E-state index contributed by atoms with van der Waals surface area (Å²) in [6.07, 6.45) is 13.8. The van der Waals surface area contributed by atoms with Gasteiger partial charge in [-0.15, -0.1) is 0 Å². The van der Waals surface area contributed by atoms with Crippen molar-refractivity contribution in [2.75, 3.05) is 25.0 Å². The van der Waals surface area contributed by atoms with E-state index < -0.39 is 0 Å². The molecule has 0 saturated heterocycles. The van der Waals surface area contributed by atoms with Gasteiger partial charge in [0, 0.05) is 31.0 Å². The molecule has 0 spiro atoms. The van der Waals surface area contributed by atoms with E-state index in [-0.39, 0.29) is 5.91 Å². The number of anilines is 1. The number of carbonyl (C=O) groups is 1. The molecule has 1 aliphatic rings. The van der Waals surface area contributed by atoms with Crippen LogP contribution < -0.4 is 10.2 Å². The van der Waals surface area contributed by atoms with Crippen molar-refractivity contribution in [1.82, 2.24) is 15.1 Å². The fourth-order valence-corrected chi connectivity index (χ4v) is 4.27. The maximum atomic E-state index is 12.8. The number of aryl methyl sites for hydroxylation is 2. The third-order valence-corrected chi connectivity index (χ3v) is 6.32. The lowest BCUT2D eigenvalue weighted by molar-refractivity contribution is -0.117. The zero-order valence-electron chi connectivity index (χ0n) is 22.4. The van der Waals surface area contributed by atoms with Gasteiger partial charge < -0.3 is 10.2 Å². The molecule has 0 saturated carbocycles. The van der Waals surface area contributed by atoms with Crippen LogP contribution in [-0.2, 0) is 18.3 Å². The summed E-state index contributed by atoms with van der Waals surface area (Å²) in [5.41, 5.74) is 7.41. The molecule has 4 rings (SSSR count). The van der Waals surface area contributed by atoms with Gasteiger partial charge in [-0.3, -0.25) is 9.48 Å². The fraction of sp³-hybridized carbons (Fsp3) is 0.323. The molecule has 3 aromatic rings. The first-order valence-electron chi connectivity index (χ1n) is 12.8. The summed E-state index contributed by atoms with van der Waals surface area (Å²) in [5, 5.41) is 15.9. The van der Waals surface area contributed by atoms with Gasteiger partial charge in [0.05, 0.1) is 24.3 Å². The number of hydrogen-bond donors (Lipinski definition) is 1. The van der Waals surface area contributed by atoms with E-state index in [0.29, 0.717) is 13.0 Å². The molecule has 1 heterocycles. The molecule has 0 fully saturated rings. The number of nitriles is 1. The van der Waals surface area contributed by atoms with Crippen molar-refractivity contribution in [2.24, 2.45) is 7.05 Å². The second-order valence-electron chi connectivity index (χ2n) is 9.14. The minimum absolute atomic E-state index is 0.150. The van der Waals surface area contributed by atoms with Crippen molar-refractivity contribution in [1.29, 1.82) is 5.26 Å². The standard InChI is InChI=1S/C21H25N3O.C10H12N2/c1-4-24(21(25)13-17-8-6-5-7-9-17)20-11-10-18(12-16(20)2)19-14-22-23(3)15-19;1-12-7-6-9-2-4-10(8-11)5-3-9/h6,8-12,14-15H,4-5,7,13H2,1-3H3;2-5,12H,6-7H2,1H3. The summed E-state index contributed by atoms with van der Waals surface area (Å²) in [7, 11) is 3.85. The number of allylic oxidation sites excluding steroid dienone is 3. The highest BCUT2D eigenvalue weighted by Gasteiger charge is 2.17. The number of likely N-dealkylation sites (N-methyl/N-ethyl adjacent to an activating group) is 1. The third kappa shape index (κ3) is 8.03. The SMILES string of the molecule is CCN(C(=O)CC1=CCCC=C1)c1ccc(-c2cnn(C)c2)cc1C.CNCCc1ccc(C#N)cc1. The first kappa shape index (κ1) is 27.6. The van der Waals surface area contributed by atoms with Gasteiger partial charge in [-0.2, -0.15) is 10.4 Å². The van der Waals surface area contributed by atoms with E-state index in [4.69, 9.17) is 5.26 Å². The van der Waals surface area contributed by atoms with E-state index in [1.807, 2.05) is 68.6 Å². The number of aromatic nitrogens is 2. The quantitative estimate of drug-likeness (QED) is 0.433. The maximum absolute atomic E-state index is 12.8. The van der Waals surface area contributed by atoms with Gasteiger partial charge in [-0.1, -0.05) is 36.4 Å². The normalized spacial score (nSPS) is 12.2. The van der Waals surface area contributed by atoms with Gasteiger partial charge >= 0.3 is 0 Å². The van der Waals surface area contributed by atoms with E-state index in [1.54, 1.807) is 4.68 Å². The van der Waals surface area contributed by atoms with Gasteiger partial charge in [0.2, 0.25) is 5.91 Å². The summed E-state index contributed by atoms with van der Waals surface area (Å²) >= 11 is 0. The molecule has 37 heavy (non-hydrogen) atoms. The Morgan fingerprint density at radius 1 is 1.16 bits per heavy atom. The number of nitrogens with one attached hydrogen (secondary N) is 1. The maximum Gasteiger partial charge on any atom is 0.231 e. The number of hydrogen-bond acceptors (Lipinski definition) is 4. The van der Waals surface area contributed by atoms with Crippen LogP contribution in [-0.4, -0.2) is 35.8 Å². The smallest absolute Gasteiger partial charge is 0.231 e. The van der Waals surface area contributed by atoms with Gasteiger partial charge in [0.15, 0.2) is 0 Å². The lowest BCUT2D eigenvalue weighted by Crippen LogP contribution is -2.31. The van der Waals surface area contributed by atoms with Gasteiger partial charge in [0.25, 0.3) is 0 Å². The molecule has 1 aliphatic carbocycles. The van der Waals surface area contributed by atoms with Crippen molar-refractivity contribution in [3.05, 3.63) is 95.3 Å². The topological polar surface area (TPSA) is 74.0 Å². The Labute approximate surface area is 220 Å². The van der Waals surface area contributed by atoms with Gasteiger partial charge in [-0.25, -0.2) is 0 Å². The van der Waals surface area contributed by atoms with Crippen molar-refractivity contribution >= 4 is 11.6 Å². The van der Waals surface area contributed by atoms with Crippen LogP contribution in [0.5, 0.6) is 0 Å². The Hall–Kier alpha value is -3.95. The van der Waals surface area contributed by atoms with Crippen LogP contribution in [0.2, 0.25) is 0 Å². The Balaban J connectivity index is 0.000000266. The monoisotopic (exact) mass is 495 g/mol. The zero-order valence-corrected chi connectivity index (χ0v) is 22.4. The third-order valence-electron chi connectivity index (χ3n) is 6.32. The summed E-state index contributed by atoms with van der Waals surface area (Å²) in [6.45, 7) is 5.73. The highest BCUT2D eigenvalue weighted by Crippen LogP contribution is 2.28. The molecule has 0 unspecified atom stereocenters. The molecular formula is C31H37N5O. The fourth-order valence-electron chi connectivity index (χ4n) is 4.27. The Morgan fingerprint density at radius 2 is 1.95 bits per heavy atom. The molecule has 1 amide bonds. The van der Waals surface area contributed by atoms with E-state index in [1.165, 1.54) is 5.56 Å². The van der Waals surface area contributed by atoms with E-state index >= 15 is 0 Å². The largest absolute Gasteiger partial charge is 0.319 e. The van der Waals surface area contributed by atoms with E-state index in [9.17, 15) is 4.79 Å². The van der Waals surface area contributed by atoms with Crippen LogP contribution in [0.15, 0.2) is 78.7 Å². The number of carbonyl (C=O) groups excluding carboxylic acids is 1. The summed E-state index contributed by atoms with van der Waals surface area (Å²) in [5.74, 6) is 0.150. The van der Waals surface area contributed by atoms with Crippen LogP contribution >= 0.6 is 0 Å². The highest BCUT2D eigenvalue weighted by molar-refractivity contribution is 5.96. The molecule has 0 bridgehead atoms. The minimum atomic E-state index is 0.150. The first-order chi connectivity index (χ1) is 17.9. The predicted molar refractivity (Wildman–Crippen MR) is 151 cm³/mol. The van der Waals surface area contributed by atoms with E-state index in [0.717, 1.165) is 59.3 Å². The molecular weight excluding hydrogens is 458 g/mol. The number of amides is 1. The summed E-state index contributed by atoms with van der Waals surface area (Å²) < 4.78 is 1.80. The van der Waals surface area contributed by atoms with Crippen LogP contribution in [0.1, 0.15) is 42.9 Å². The van der Waals surface area contributed by atoms with E-state index in [2.05, 4.69) is 53.8 Å². The molecule has 1 aromatic heterocycles. The Morgan fingerprint density at radius 3 is 2.51 bits per heavy atom. The molecule has 0 radical (unpaired) electrons. The second-order valence-corrected chi connectivity index (χ2v) is 9.14. The second kappa shape index (κ2) is 14.0.